The predicted molar refractivity (Wildman–Crippen MR) is 139 cm³/mol. The molecule has 170 valence electrons. The van der Waals surface area contributed by atoms with Gasteiger partial charge >= 0.3 is 0 Å². The van der Waals surface area contributed by atoms with Crippen molar-refractivity contribution in [2.75, 3.05) is 5.32 Å². The van der Waals surface area contributed by atoms with Gasteiger partial charge in [0.05, 0.1) is 41.5 Å². The van der Waals surface area contributed by atoms with Gasteiger partial charge in [-0.2, -0.15) is 0 Å². The minimum Gasteiger partial charge on any atom is -0.348 e. The Morgan fingerprint density at radius 2 is 1.91 bits per heavy atom. The van der Waals surface area contributed by atoms with Gasteiger partial charge in [-0.25, -0.2) is 9.97 Å². The van der Waals surface area contributed by atoms with Crippen molar-refractivity contribution in [1.29, 1.82) is 0 Å². The van der Waals surface area contributed by atoms with E-state index in [9.17, 15) is 0 Å². The summed E-state index contributed by atoms with van der Waals surface area (Å²) < 4.78 is 0. The molecular weight excluding hydrogens is 420 g/mol. The number of anilines is 1. The zero-order valence-electron chi connectivity index (χ0n) is 19.7. The molecule has 34 heavy (non-hydrogen) atoms. The fourth-order valence-electron chi connectivity index (χ4n) is 3.62. The lowest BCUT2D eigenvalue weighted by Crippen LogP contribution is -2.06. The first-order valence-corrected chi connectivity index (χ1v) is 11.4. The molecule has 1 aromatic carbocycles. The smallest absolute Gasteiger partial charge is 0.223 e. The van der Waals surface area contributed by atoms with E-state index >= 15 is 0 Å². The van der Waals surface area contributed by atoms with Gasteiger partial charge in [0.1, 0.15) is 0 Å². The Kier molecular flexibility index (Phi) is 7.50. The molecule has 4 rings (SSSR count). The molecule has 0 unspecified atom stereocenters. The molecule has 3 heterocycles. The number of nitrogens with one attached hydrogen (secondary N) is 1. The van der Waals surface area contributed by atoms with Gasteiger partial charge in [0.25, 0.3) is 0 Å². The summed E-state index contributed by atoms with van der Waals surface area (Å²) in [6.45, 7) is 6.71. The van der Waals surface area contributed by atoms with Gasteiger partial charge in [-0.15, -0.1) is 0 Å². The van der Waals surface area contributed by atoms with Crippen LogP contribution in [0.15, 0.2) is 91.1 Å². The lowest BCUT2D eigenvalue weighted by molar-refractivity contribution is 0.974. The Morgan fingerprint density at radius 3 is 2.71 bits per heavy atom. The molecule has 0 saturated carbocycles. The summed E-state index contributed by atoms with van der Waals surface area (Å²) in [5.41, 5.74) is 6.74. The van der Waals surface area contributed by atoms with Gasteiger partial charge in [-0.05, 0) is 44.5 Å². The first-order chi connectivity index (χ1) is 16.7. The van der Waals surface area contributed by atoms with E-state index in [0.29, 0.717) is 12.5 Å². The van der Waals surface area contributed by atoms with Crippen molar-refractivity contribution < 1.29 is 0 Å². The molecule has 0 bridgehead atoms. The molecule has 0 saturated heterocycles. The quantitative estimate of drug-likeness (QED) is 0.314. The van der Waals surface area contributed by atoms with E-state index in [1.807, 2.05) is 49.5 Å². The summed E-state index contributed by atoms with van der Waals surface area (Å²) in [6.07, 6.45) is 16.5. The van der Waals surface area contributed by atoms with Crippen molar-refractivity contribution in [2.24, 2.45) is 0 Å². The van der Waals surface area contributed by atoms with E-state index in [1.165, 1.54) is 5.57 Å². The van der Waals surface area contributed by atoms with Crippen LogP contribution in [0.4, 0.5) is 5.95 Å². The summed E-state index contributed by atoms with van der Waals surface area (Å²) in [5, 5.41) is 4.34. The first-order valence-electron chi connectivity index (χ1n) is 11.4. The minimum absolute atomic E-state index is 0.482. The van der Waals surface area contributed by atoms with Gasteiger partial charge in [0, 0.05) is 28.9 Å². The summed E-state index contributed by atoms with van der Waals surface area (Å²) in [6, 6.07) is 12.0. The number of allylic oxidation sites excluding steroid dienone is 6. The average Bonchev–Trinajstić information content (AvgIpc) is 2.87. The molecule has 4 aromatic rings. The largest absolute Gasteiger partial charge is 0.348 e. The molecule has 0 atom stereocenters. The highest BCUT2D eigenvalue weighted by Crippen LogP contribution is 2.22. The van der Waals surface area contributed by atoms with Gasteiger partial charge in [-0.1, -0.05) is 48.9 Å². The summed E-state index contributed by atoms with van der Waals surface area (Å²) in [4.78, 5) is 22.6. The van der Waals surface area contributed by atoms with Crippen LogP contribution in [0.25, 0.3) is 27.7 Å². The fourth-order valence-corrected chi connectivity index (χ4v) is 3.62. The third kappa shape index (κ3) is 5.78. The molecule has 0 aliphatic heterocycles. The molecule has 3 aromatic heterocycles. The van der Waals surface area contributed by atoms with Gasteiger partial charge in [-0.3, -0.25) is 15.0 Å². The lowest BCUT2D eigenvalue weighted by atomic mass is 10.1. The number of nitrogens with zero attached hydrogens (tertiary/aromatic N) is 5. The van der Waals surface area contributed by atoms with Crippen molar-refractivity contribution in [3.8, 4) is 11.3 Å². The Hall–Kier alpha value is -4.19. The average molecular weight is 449 g/mol. The highest BCUT2D eigenvalue weighted by atomic mass is 15.1. The molecule has 0 aliphatic carbocycles. The zero-order valence-corrected chi connectivity index (χ0v) is 19.7. The van der Waals surface area contributed by atoms with Crippen LogP contribution in [0.1, 0.15) is 38.6 Å². The maximum absolute atomic E-state index is 4.67. The Labute approximate surface area is 200 Å². The van der Waals surface area contributed by atoms with Crippen molar-refractivity contribution in [3.05, 3.63) is 102 Å². The second-order valence-electron chi connectivity index (χ2n) is 7.88. The number of rotatable bonds is 8. The van der Waals surface area contributed by atoms with E-state index in [4.69, 9.17) is 0 Å². The van der Waals surface area contributed by atoms with Crippen LogP contribution in [0, 0.1) is 0 Å². The van der Waals surface area contributed by atoms with Crippen molar-refractivity contribution in [1.82, 2.24) is 24.9 Å². The third-order valence-electron chi connectivity index (χ3n) is 5.24. The molecule has 0 fully saturated rings. The van der Waals surface area contributed by atoms with Crippen LogP contribution in [0.3, 0.4) is 0 Å². The summed E-state index contributed by atoms with van der Waals surface area (Å²) in [5.74, 6) is 0.546. The number of hydrogen-bond acceptors (Lipinski definition) is 6. The molecule has 0 radical (unpaired) electrons. The number of hydrogen-bond donors (Lipinski definition) is 1. The fraction of sp³-hybridized carbons (Fsp3) is 0.179. The van der Waals surface area contributed by atoms with Gasteiger partial charge in [0.2, 0.25) is 5.95 Å². The van der Waals surface area contributed by atoms with Crippen LogP contribution >= 0.6 is 0 Å². The lowest BCUT2D eigenvalue weighted by Gasteiger charge is -2.08. The Balaban J connectivity index is 1.47. The minimum atomic E-state index is 0.482. The molecule has 0 amide bonds. The maximum Gasteiger partial charge on any atom is 0.223 e. The van der Waals surface area contributed by atoms with E-state index in [0.717, 1.165) is 45.5 Å². The normalized spacial score (nSPS) is 12.4. The van der Waals surface area contributed by atoms with Crippen LogP contribution < -0.4 is 5.32 Å². The predicted octanol–water partition coefficient (Wildman–Crippen LogP) is 6.41. The second-order valence-corrected chi connectivity index (χ2v) is 7.88. The molecule has 0 spiro atoms. The maximum atomic E-state index is 4.67. The SMILES string of the molecule is C\C=C/C(=C\C(C)=C\CC)c1cnc(CNc2nccc(-c3ccc4ncccc4c3)n2)cn1. The molecule has 0 aliphatic rings. The van der Waals surface area contributed by atoms with Gasteiger partial charge < -0.3 is 5.32 Å². The van der Waals surface area contributed by atoms with Crippen LogP contribution in [-0.2, 0) is 6.54 Å². The van der Waals surface area contributed by atoms with Crippen molar-refractivity contribution in [2.45, 2.75) is 33.7 Å². The van der Waals surface area contributed by atoms with Crippen molar-refractivity contribution in [3.63, 3.8) is 0 Å². The number of pyridine rings is 1. The number of fused-ring (bicyclic) bond motifs is 1. The highest BCUT2D eigenvalue weighted by molar-refractivity contribution is 5.83. The second kappa shape index (κ2) is 11.1. The van der Waals surface area contributed by atoms with E-state index < -0.39 is 0 Å². The van der Waals surface area contributed by atoms with Crippen LogP contribution in [0.5, 0.6) is 0 Å². The summed E-state index contributed by atoms with van der Waals surface area (Å²) >= 11 is 0. The van der Waals surface area contributed by atoms with E-state index in [1.54, 1.807) is 18.6 Å². The van der Waals surface area contributed by atoms with E-state index in [-0.39, 0.29) is 0 Å². The molecule has 6 heteroatoms. The molecule has 6 nitrogen and oxygen atoms in total. The number of benzene rings is 1. The van der Waals surface area contributed by atoms with Crippen LogP contribution in [0.2, 0.25) is 0 Å². The third-order valence-corrected chi connectivity index (χ3v) is 5.24. The first kappa shape index (κ1) is 23.0. The highest BCUT2D eigenvalue weighted by Gasteiger charge is 2.06. The topological polar surface area (TPSA) is 76.5 Å². The standard InChI is InChI=1S/C28H28N6/c1-4-7-20(3)15-21(8-5-2)27-19-31-24(17-32-27)18-33-28-30-14-12-26(34-28)23-10-11-25-22(16-23)9-6-13-29-25/h5-17,19H,4,18H2,1-3H3,(H,30,33,34)/b8-5-,20-7+,21-15+. The van der Waals surface area contributed by atoms with Crippen LogP contribution in [-0.4, -0.2) is 24.9 Å². The molecular formula is C28H28N6. The monoisotopic (exact) mass is 448 g/mol. The number of aromatic nitrogens is 5. The zero-order chi connectivity index (χ0) is 23.8. The Morgan fingerprint density at radius 1 is 1.00 bits per heavy atom. The van der Waals surface area contributed by atoms with Crippen molar-refractivity contribution >= 4 is 22.4 Å². The van der Waals surface area contributed by atoms with E-state index in [2.05, 4.69) is 68.4 Å². The van der Waals surface area contributed by atoms with Gasteiger partial charge in [0.15, 0.2) is 0 Å². The molecule has 1 N–H and O–H groups in total. The Bertz CT molecular complexity index is 1350. The summed E-state index contributed by atoms with van der Waals surface area (Å²) in [7, 11) is 0.